The van der Waals surface area contributed by atoms with Gasteiger partial charge in [0.2, 0.25) is 5.91 Å². The van der Waals surface area contributed by atoms with Gasteiger partial charge in [-0.25, -0.2) is 8.78 Å². The number of halogens is 2. The van der Waals surface area contributed by atoms with E-state index in [0.29, 0.717) is 22.2 Å². The third-order valence-electron chi connectivity index (χ3n) is 3.97. The maximum absolute atomic E-state index is 13.1. The number of rotatable bonds is 3. The minimum absolute atomic E-state index is 0.00355. The van der Waals surface area contributed by atoms with E-state index in [2.05, 4.69) is 10.3 Å². The normalized spacial score (nSPS) is 16.3. The molecule has 6 nitrogen and oxygen atoms in total. The summed E-state index contributed by atoms with van der Waals surface area (Å²) >= 11 is 0. The molecule has 2 aromatic rings. The van der Waals surface area contributed by atoms with Gasteiger partial charge >= 0.3 is 0 Å². The first kappa shape index (κ1) is 16.1. The van der Waals surface area contributed by atoms with Crippen LogP contribution < -0.4 is 11.1 Å². The Kier molecular flexibility index (Phi) is 4.04. The first-order valence-electron chi connectivity index (χ1n) is 7.44. The molecule has 1 saturated heterocycles. The van der Waals surface area contributed by atoms with Crippen LogP contribution >= 0.6 is 0 Å². The molecule has 1 fully saturated rings. The first-order chi connectivity index (χ1) is 11.4. The second-order valence-electron chi connectivity index (χ2n) is 5.71. The van der Waals surface area contributed by atoms with Crippen molar-refractivity contribution in [2.75, 3.05) is 25.4 Å². The fraction of sp³-hybridized carbons (Fsp3) is 0.312. The number of likely N-dealkylation sites (tertiary alicyclic amines) is 1. The Morgan fingerprint density at radius 1 is 1.33 bits per heavy atom. The Morgan fingerprint density at radius 2 is 2.12 bits per heavy atom. The van der Waals surface area contributed by atoms with Crippen LogP contribution in [0.1, 0.15) is 16.8 Å². The van der Waals surface area contributed by atoms with Crippen molar-refractivity contribution in [1.82, 2.24) is 15.2 Å². The largest absolute Gasteiger partial charge is 0.397 e. The van der Waals surface area contributed by atoms with Crippen LogP contribution in [0.3, 0.4) is 0 Å². The van der Waals surface area contributed by atoms with Crippen LogP contribution in [0.4, 0.5) is 14.5 Å². The molecule has 24 heavy (non-hydrogen) atoms. The topological polar surface area (TPSA) is 88.3 Å². The summed E-state index contributed by atoms with van der Waals surface area (Å²) in [5.74, 6) is -3.86. The van der Waals surface area contributed by atoms with Gasteiger partial charge in [-0.1, -0.05) is 12.1 Å². The van der Waals surface area contributed by atoms with Crippen molar-refractivity contribution in [2.24, 2.45) is 0 Å². The van der Waals surface area contributed by atoms with E-state index in [1.165, 1.54) is 12.3 Å². The molecule has 0 bridgehead atoms. The number of para-hydroxylation sites is 1. The number of pyridine rings is 1. The van der Waals surface area contributed by atoms with Crippen molar-refractivity contribution in [3.05, 3.63) is 36.0 Å². The molecule has 1 aliphatic rings. The Balaban J connectivity index is 1.70. The molecule has 3 N–H and O–H groups in total. The molecule has 126 valence electrons. The molecule has 0 aliphatic carbocycles. The van der Waals surface area contributed by atoms with Gasteiger partial charge in [0.15, 0.2) is 0 Å². The van der Waals surface area contributed by atoms with Gasteiger partial charge in [0, 0.05) is 24.5 Å². The average molecular weight is 334 g/mol. The predicted molar refractivity (Wildman–Crippen MR) is 84.6 cm³/mol. The summed E-state index contributed by atoms with van der Waals surface area (Å²) in [6, 6.07) is 6.60. The van der Waals surface area contributed by atoms with Crippen LogP contribution in [0.15, 0.2) is 30.5 Å². The molecule has 0 spiro atoms. The van der Waals surface area contributed by atoms with Crippen molar-refractivity contribution in [3.63, 3.8) is 0 Å². The van der Waals surface area contributed by atoms with Crippen LogP contribution in [0, 0.1) is 0 Å². The van der Waals surface area contributed by atoms with Gasteiger partial charge < -0.3 is 16.0 Å². The summed E-state index contributed by atoms with van der Waals surface area (Å²) < 4.78 is 26.3. The predicted octanol–water partition coefficient (Wildman–Crippen LogP) is 1.41. The number of nitrogens with one attached hydrogen (secondary N) is 1. The maximum Gasteiger partial charge on any atom is 0.267 e. The standard InChI is InChI=1S/C16H16F2N4O2/c17-16(18)5-7-22(9-16)13(23)8-21-15(24)11-4-6-20-14-10(11)2-1-3-12(14)19/h1-4,6H,5,7-9,19H2,(H,21,24). The smallest absolute Gasteiger partial charge is 0.267 e. The molecule has 1 aromatic carbocycles. The number of carbonyl (C=O) groups is 2. The Morgan fingerprint density at radius 3 is 2.83 bits per heavy atom. The highest BCUT2D eigenvalue weighted by Gasteiger charge is 2.40. The Hall–Kier alpha value is -2.77. The van der Waals surface area contributed by atoms with Crippen LogP contribution in [0.25, 0.3) is 10.9 Å². The van der Waals surface area contributed by atoms with E-state index < -0.39 is 24.3 Å². The number of alkyl halides is 2. The average Bonchev–Trinajstić information content (AvgIpc) is 2.92. The molecule has 0 atom stereocenters. The maximum atomic E-state index is 13.1. The van der Waals surface area contributed by atoms with Crippen molar-refractivity contribution in [3.8, 4) is 0 Å². The molecular weight excluding hydrogens is 318 g/mol. The zero-order valence-electron chi connectivity index (χ0n) is 12.8. The molecule has 0 unspecified atom stereocenters. The highest BCUT2D eigenvalue weighted by atomic mass is 19.3. The molecule has 2 heterocycles. The molecule has 0 radical (unpaired) electrons. The first-order valence-corrected chi connectivity index (χ1v) is 7.44. The number of hydrogen-bond donors (Lipinski definition) is 2. The number of nitrogens with two attached hydrogens (primary N) is 1. The second-order valence-corrected chi connectivity index (χ2v) is 5.71. The van der Waals surface area contributed by atoms with Gasteiger partial charge in [0.25, 0.3) is 11.8 Å². The zero-order valence-corrected chi connectivity index (χ0v) is 12.8. The van der Waals surface area contributed by atoms with Crippen LogP contribution in [0.5, 0.6) is 0 Å². The van der Waals surface area contributed by atoms with Crippen LogP contribution in [0.2, 0.25) is 0 Å². The van der Waals surface area contributed by atoms with Crippen molar-refractivity contribution in [1.29, 1.82) is 0 Å². The Bertz CT molecular complexity index is 810. The number of anilines is 1. The lowest BCUT2D eigenvalue weighted by Gasteiger charge is -2.16. The van der Waals surface area contributed by atoms with Crippen molar-refractivity contribution < 1.29 is 18.4 Å². The van der Waals surface area contributed by atoms with Gasteiger partial charge in [-0.2, -0.15) is 0 Å². The van der Waals surface area contributed by atoms with E-state index in [0.717, 1.165) is 4.90 Å². The van der Waals surface area contributed by atoms with E-state index in [4.69, 9.17) is 5.73 Å². The summed E-state index contributed by atoms with van der Waals surface area (Å²) in [7, 11) is 0. The van der Waals surface area contributed by atoms with E-state index in [9.17, 15) is 18.4 Å². The fourth-order valence-electron chi connectivity index (χ4n) is 2.71. The molecule has 3 rings (SSSR count). The third-order valence-corrected chi connectivity index (χ3v) is 3.97. The third kappa shape index (κ3) is 3.12. The lowest BCUT2D eigenvalue weighted by molar-refractivity contribution is -0.130. The lowest BCUT2D eigenvalue weighted by Crippen LogP contribution is -2.40. The minimum Gasteiger partial charge on any atom is -0.397 e. The fourth-order valence-corrected chi connectivity index (χ4v) is 2.71. The number of aromatic nitrogens is 1. The Labute approximate surface area is 136 Å². The number of hydrogen-bond acceptors (Lipinski definition) is 4. The summed E-state index contributed by atoms with van der Waals surface area (Å²) in [6.07, 6.45) is 1.11. The number of nitrogen functional groups attached to an aromatic ring is 1. The number of benzene rings is 1. The van der Waals surface area contributed by atoms with Gasteiger partial charge in [-0.15, -0.1) is 0 Å². The summed E-state index contributed by atoms with van der Waals surface area (Å²) in [5.41, 5.74) is 7.09. The van der Waals surface area contributed by atoms with E-state index >= 15 is 0 Å². The van der Waals surface area contributed by atoms with Gasteiger partial charge in [0.1, 0.15) is 0 Å². The number of fused-ring (bicyclic) bond motifs is 1. The molecule has 1 aliphatic heterocycles. The van der Waals surface area contributed by atoms with Gasteiger partial charge in [-0.3, -0.25) is 14.6 Å². The van der Waals surface area contributed by atoms with Crippen LogP contribution in [-0.2, 0) is 4.79 Å². The summed E-state index contributed by atoms with van der Waals surface area (Å²) in [6.45, 7) is -0.937. The van der Waals surface area contributed by atoms with E-state index in [1.54, 1.807) is 18.2 Å². The lowest BCUT2D eigenvalue weighted by atomic mass is 10.1. The monoisotopic (exact) mass is 334 g/mol. The number of carbonyl (C=O) groups excluding carboxylic acids is 2. The SMILES string of the molecule is Nc1cccc2c(C(=O)NCC(=O)N3CCC(F)(F)C3)ccnc12. The molecule has 0 saturated carbocycles. The van der Waals surface area contributed by atoms with Gasteiger partial charge in [-0.05, 0) is 12.1 Å². The second kappa shape index (κ2) is 6.03. The molecule has 8 heteroatoms. The summed E-state index contributed by atoms with van der Waals surface area (Å²) in [4.78, 5) is 29.4. The number of amides is 2. The molecular formula is C16H16F2N4O2. The zero-order chi connectivity index (χ0) is 17.3. The van der Waals surface area contributed by atoms with Crippen LogP contribution in [-0.4, -0.2) is 47.3 Å². The van der Waals surface area contributed by atoms with Gasteiger partial charge in [0.05, 0.1) is 29.9 Å². The highest BCUT2D eigenvalue weighted by molar-refractivity contribution is 6.08. The highest BCUT2D eigenvalue weighted by Crippen LogP contribution is 2.26. The quantitative estimate of drug-likeness (QED) is 0.831. The number of nitrogens with zero attached hydrogens (tertiary/aromatic N) is 2. The molecule has 2 amide bonds. The molecule has 1 aromatic heterocycles. The van der Waals surface area contributed by atoms with E-state index in [1.807, 2.05) is 0 Å². The van der Waals surface area contributed by atoms with E-state index in [-0.39, 0.29) is 19.5 Å². The van der Waals surface area contributed by atoms with Crippen molar-refractivity contribution >= 4 is 28.4 Å². The van der Waals surface area contributed by atoms with Crippen molar-refractivity contribution in [2.45, 2.75) is 12.3 Å². The summed E-state index contributed by atoms with van der Waals surface area (Å²) in [5, 5.41) is 3.04. The minimum atomic E-state index is -2.85.